The molecule has 0 fully saturated rings. The van der Waals surface area contributed by atoms with Crippen molar-refractivity contribution in [3.63, 3.8) is 0 Å². The standard InChI is InChI=1S/C15H20BrN3/c1-4-11-5-7-12(8-6-11)14(17)15-13(16)9-18-19(15)10(2)3/h5-10,14H,4,17H2,1-3H3. The molecule has 0 aliphatic carbocycles. The van der Waals surface area contributed by atoms with E-state index >= 15 is 0 Å². The van der Waals surface area contributed by atoms with Crippen LogP contribution in [-0.4, -0.2) is 9.78 Å². The number of hydrogen-bond acceptors (Lipinski definition) is 2. The summed E-state index contributed by atoms with van der Waals surface area (Å²) in [6.45, 7) is 6.37. The molecule has 3 nitrogen and oxygen atoms in total. The maximum atomic E-state index is 6.40. The summed E-state index contributed by atoms with van der Waals surface area (Å²) in [4.78, 5) is 0. The summed E-state index contributed by atoms with van der Waals surface area (Å²) in [7, 11) is 0. The van der Waals surface area contributed by atoms with Crippen LogP contribution in [0, 0.1) is 0 Å². The Labute approximate surface area is 122 Å². The van der Waals surface area contributed by atoms with Gasteiger partial charge >= 0.3 is 0 Å². The van der Waals surface area contributed by atoms with Crippen molar-refractivity contribution in [3.8, 4) is 0 Å². The highest BCUT2D eigenvalue weighted by Crippen LogP contribution is 2.28. The molecule has 0 bridgehead atoms. The van der Waals surface area contributed by atoms with Gasteiger partial charge in [0.2, 0.25) is 0 Å². The summed E-state index contributed by atoms with van der Waals surface area (Å²) in [6, 6.07) is 8.62. The molecule has 19 heavy (non-hydrogen) atoms. The van der Waals surface area contributed by atoms with Gasteiger partial charge in [-0.1, -0.05) is 31.2 Å². The molecule has 0 radical (unpaired) electrons. The van der Waals surface area contributed by atoms with Crippen molar-refractivity contribution in [1.29, 1.82) is 0 Å². The lowest BCUT2D eigenvalue weighted by Gasteiger charge is -2.18. The Hall–Kier alpha value is -1.13. The summed E-state index contributed by atoms with van der Waals surface area (Å²) >= 11 is 3.55. The minimum atomic E-state index is -0.162. The van der Waals surface area contributed by atoms with Gasteiger partial charge in [0, 0.05) is 6.04 Å². The monoisotopic (exact) mass is 321 g/mol. The lowest BCUT2D eigenvalue weighted by molar-refractivity contribution is 0.498. The fourth-order valence-corrected chi connectivity index (χ4v) is 2.69. The van der Waals surface area contributed by atoms with E-state index in [1.807, 2.05) is 10.9 Å². The molecule has 2 N–H and O–H groups in total. The van der Waals surface area contributed by atoms with E-state index in [-0.39, 0.29) is 6.04 Å². The van der Waals surface area contributed by atoms with Gasteiger partial charge in [0.25, 0.3) is 0 Å². The Morgan fingerprint density at radius 3 is 2.42 bits per heavy atom. The second kappa shape index (κ2) is 5.88. The Balaban J connectivity index is 2.37. The second-order valence-corrected chi connectivity index (χ2v) is 5.84. The summed E-state index contributed by atoms with van der Waals surface area (Å²) in [5.41, 5.74) is 9.87. The van der Waals surface area contributed by atoms with Crippen molar-refractivity contribution in [3.05, 3.63) is 51.8 Å². The third-order valence-electron chi connectivity index (χ3n) is 3.32. The minimum absolute atomic E-state index is 0.162. The van der Waals surface area contributed by atoms with Crippen molar-refractivity contribution in [1.82, 2.24) is 9.78 Å². The molecule has 102 valence electrons. The number of benzene rings is 1. The highest BCUT2D eigenvalue weighted by Gasteiger charge is 2.19. The average molecular weight is 322 g/mol. The lowest BCUT2D eigenvalue weighted by Crippen LogP contribution is -2.19. The van der Waals surface area contributed by atoms with E-state index in [1.54, 1.807) is 0 Å². The van der Waals surface area contributed by atoms with Gasteiger partial charge < -0.3 is 5.73 Å². The van der Waals surface area contributed by atoms with E-state index in [0.717, 1.165) is 22.2 Å². The van der Waals surface area contributed by atoms with Crippen LogP contribution in [-0.2, 0) is 6.42 Å². The number of nitrogens with two attached hydrogens (primary N) is 1. The highest BCUT2D eigenvalue weighted by atomic mass is 79.9. The molecule has 0 amide bonds. The Kier molecular flexibility index (Phi) is 4.42. The van der Waals surface area contributed by atoms with Gasteiger partial charge in [0.05, 0.1) is 22.4 Å². The normalized spacial score (nSPS) is 12.9. The van der Waals surface area contributed by atoms with Gasteiger partial charge in [-0.3, -0.25) is 4.68 Å². The minimum Gasteiger partial charge on any atom is -0.319 e. The van der Waals surface area contributed by atoms with E-state index < -0.39 is 0 Å². The molecule has 0 saturated carbocycles. The summed E-state index contributed by atoms with van der Waals surface area (Å²) in [6.07, 6.45) is 2.86. The first-order valence-electron chi connectivity index (χ1n) is 6.62. The molecule has 2 rings (SSSR count). The molecule has 0 aliphatic rings. The molecule has 4 heteroatoms. The molecule has 2 aromatic rings. The molecular formula is C15H20BrN3. The zero-order chi connectivity index (χ0) is 14.0. The Morgan fingerprint density at radius 1 is 1.26 bits per heavy atom. The topological polar surface area (TPSA) is 43.8 Å². The van der Waals surface area contributed by atoms with Crippen LogP contribution in [0.1, 0.15) is 49.7 Å². The van der Waals surface area contributed by atoms with E-state index in [2.05, 4.69) is 66.1 Å². The van der Waals surface area contributed by atoms with E-state index in [1.165, 1.54) is 5.56 Å². The van der Waals surface area contributed by atoms with Gasteiger partial charge in [0.15, 0.2) is 0 Å². The molecule has 1 heterocycles. The Morgan fingerprint density at radius 2 is 1.89 bits per heavy atom. The number of nitrogens with zero attached hydrogens (tertiary/aromatic N) is 2. The number of halogens is 1. The first kappa shape index (κ1) is 14.3. The van der Waals surface area contributed by atoms with Crippen LogP contribution in [0.4, 0.5) is 0 Å². The molecule has 1 unspecified atom stereocenters. The first-order valence-corrected chi connectivity index (χ1v) is 7.41. The summed E-state index contributed by atoms with van der Waals surface area (Å²) < 4.78 is 2.94. The van der Waals surface area contributed by atoms with Gasteiger partial charge in [-0.15, -0.1) is 0 Å². The van der Waals surface area contributed by atoms with Crippen LogP contribution in [0.25, 0.3) is 0 Å². The third-order valence-corrected chi connectivity index (χ3v) is 3.93. The zero-order valence-corrected chi connectivity index (χ0v) is 13.2. The molecule has 0 saturated heterocycles. The van der Waals surface area contributed by atoms with Crippen LogP contribution in [0.2, 0.25) is 0 Å². The predicted molar refractivity (Wildman–Crippen MR) is 82.2 cm³/mol. The van der Waals surface area contributed by atoms with Crippen molar-refractivity contribution >= 4 is 15.9 Å². The largest absolute Gasteiger partial charge is 0.319 e. The van der Waals surface area contributed by atoms with Crippen LogP contribution in [0.3, 0.4) is 0 Å². The highest BCUT2D eigenvalue weighted by molar-refractivity contribution is 9.10. The SMILES string of the molecule is CCc1ccc(C(N)c2c(Br)cnn2C(C)C)cc1. The second-order valence-electron chi connectivity index (χ2n) is 4.99. The fourth-order valence-electron chi connectivity index (χ4n) is 2.17. The van der Waals surface area contributed by atoms with Crippen LogP contribution in [0.5, 0.6) is 0 Å². The first-order chi connectivity index (χ1) is 9.04. The van der Waals surface area contributed by atoms with E-state index in [0.29, 0.717) is 6.04 Å². The average Bonchev–Trinajstić information content (AvgIpc) is 2.80. The summed E-state index contributed by atoms with van der Waals surface area (Å²) in [5.74, 6) is 0. The maximum Gasteiger partial charge on any atom is 0.0741 e. The molecule has 0 aliphatic heterocycles. The van der Waals surface area contributed by atoms with Crippen molar-refractivity contribution in [2.75, 3.05) is 0 Å². The van der Waals surface area contributed by atoms with E-state index in [9.17, 15) is 0 Å². The smallest absolute Gasteiger partial charge is 0.0741 e. The number of hydrogen-bond donors (Lipinski definition) is 1. The fraction of sp³-hybridized carbons (Fsp3) is 0.400. The molecular weight excluding hydrogens is 302 g/mol. The van der Waals surface area contributed by atoms with Crippen LogP contribution >= 0.6 is 15.9 Å². The number of aromatic nitrogens is 2. The van der Waals surface area contributed by atoms with Crippen LogP contribution in [0.15, 0.2) is 34.9 Å². The molecule has 1 atom stereocenters. The maximum absolute atomic E-state index is 6.40. The van der Waals surface area contributed by atoms with Crippen molar-refractivity contribution in [2.45, 2.75) is 39.3 Å². The molecule has 1 aromatic heterocycles. The van der Waals surface area contributed by atoms with E-state index in [4.69, 9.17) is 5.73 Å². The van der Waals surface area contributed by atoms with Crippen molar-refractivity contribution < 1.29 is 0 Å². The predicted octanol–water partition coefficient (Wildman–Crippen LogP) is 3.84. The lowest BCUT2D eigenvalue weighted by atomic mass is 10.0. The Bertz CT molecular complexity index is 543. The third kappa shape index (κ3) is 2.90. The molecule has 0 spiro atoms. The number of rotatable bonds is 4. The van der Waals surface area contributed by atoms with Gasteiger partial charge in [-0.05, 0) is 47.3 Å². The van der Waals surface area contributed by atoms with Crippen molar-refractivity contribution in [2.24, 2.45) is 5.73 Å². The van der Waals surface area contributed by atoms with Gasteiger partial charge in [0.1, 0.15) is 0 Å². The zero-order valence-electron chi connectivity index (χ0n) is 11.6. The number of aryl methyl sites for hydroxylation is 1. The van der Waals surface area contributed by atoms with Crippen LogP contribution < -0.4 is 5.73 Å². The van der Waals surface area contributed by atoms with Gasteiger partial charge in [-0.25, -0.2) is 0 Å². The molecule has 1 aromatic carbocycles. The quantitative estimate of drug-likeness (QED) is 0.929. The summed E-state index contributed by atoms with van der Waals surface area (Å²) in [5, 5.41) is 4.39. The van der Waals surface area contributed by atoms with Gasteiger partial charge in [-0.2, -0.15) is 5.10 Å².